The number of hydrogen-bond acceptors (Lipinski definition) is 7. The molecule has 1 heterocycles. The molecule has 0 fully saturated rings. The van der Waals surface area contributed by atoms with E-state index in [1.807, 2.05) is 24.3 Å². The number of phenols is 1. The van der Waals surface area contributed by atoms with Crippen molar-refractivity contribution in [1.29, 1.82) is 0 Å². The average Bonchev–Trinajstić information content (AvgIpc) is 3.21. The summed E-state index contributed by atoms with van der Waals surface area (Å²) in [5, 5.41) is 23.0. The molecule has 0 radical (unpaired) electrons. The van der Waals surface area contributed by atoms with Gasteiger partial charge < -0.3 is 14.8 Å². The molecule has 1 amide bonds. The third kappa shape index (κ3) is 4.33. The van der Waals surface area contributed by atoms with Gasteiger partial charge in [-0.2, -0.15) is 0 Å². The van der Waals surface area contributed by atoms with E-state index in [0.717, 1.165) is 22.5 Å². The van der Waals surface area contributed by atoms with Crippen LogP contribution in [0.15, 0.2) is 70.3 Å². The van der Waals surface area contributed by atoms with Crippen LogP contribution in [0.5, 0.6) is 5.75 Å². The molecule has 0 aliphatic heterocycles. The molecule has 150 valence electrons. The van der Waals surface area contributed by atoms with Gasteiger partial charge in [-0.1, -0.05) is 36.0 Å². The first-order chi connectivity index (χ1) is 14.5. The Kier molecular flexibility index (Phi) is 5.49. The van der Waals surface area contributed by atoms with Crippen LogP contribution < -0.4 is 5.32 Å². The molecule has 1 aromatic heterocycles. The number of phenolic OH excluding ortho intramolecular Hbond substituents is 1. The molecule has 7 nitrogen and oxygen atoms in total. The van der Waals surface area contributed by atoms with E-state index >= 15 is 0 Å². The molecule has 0 spiro atoms. The third-order valence-electron chi connectivity index (χ3n) is 4.40. The summed E-state index contributed by atoms with van der Waals surface area (Å²) in [5.41, 5.74) is 1.61. The molecule has 4 aromatic rings. The number of carbonyl (C=O) groups excluding carboxylic acids is 2. The Bertz CT molecular complexity index is 1230. The molecule has 3 aromatic carbocycles. The minimum Gasteiger partial charge on any atom is -0.507 e. The van der Waals surface area contributed by atoms with Crippen LogP contribution in [0.25, 0.3) is 22.2 Å². The molecule has 2 N–H and O–H groups in total. The Morgan fingerprint density at radius 1 is 1.03 bits per heavy atom. The standard InChI is InChI=1S/C22H17N3O4S/c1-13(26)14-6-8-17(9-7-14)23-20(28)12-30-22-25-24-21(29-22)18-10-15-4-2-3-5-16(15)11-19(18)27/h2-11,27H,12H2,1H3,(H,23,28). The number of carbonyl (C=O) groups is 2. The number of ketones is 1. The molecule has 0 bridgehead atoms. The van der Waals surface area contributed by atoms with Gasteiger partial charge in [0.05, 0.1) is 11.3 Å². The summed E-state index contributed by atoms with van der Waals surface area (Å²) in [6, 6.07) is 17.7. The maximum atomic E-state index is 12.2. The predicted molar refractivity (Wildman–Crippen MR) is 115 cm³/mol. The van der Waals surface area contributed by atoms with Crippen LogP contribution in [-0.4, -0.2) is 32.7 Å². The quantitative estimate of drug-likeness (QED) is 0.349. The smallest absolute Gasteiger partial charge is 0.277 e. The zero-order chi connectivity index (χ0) is 21.1. The largest absolute Gasteiger partial charge is 0.507 e. The fourth-order valence-electron chi connectivity index (χ4n) is 2.89. The highest BCUT2D eigenvalue weighted by molar-refractivity contribution is 7.99. The van der Waals surface area contributed by atoms with Gasteiger partial charge in [0.2, 0.25) is 5.91 Å². The highest BCUT2D eigenvalue weighted by Gasteiger charge is 2.15. The lowest BCUT2D eigenvalue weighted by molar-refractivity contribution is -0.113. The predicted octanol–water partition coefficient (Wildman–Crippen LogP) is 4.53. The lowest BCUT2D eigenvalue weighted by Gasteiger charge is -2.04. The second kappa shape index (κ2) is 8.38. The van der Waals surface area contributed by atoms with E-state index in [-0.39, 0.29) is 34.3 Å². The van der Waals surface area contributed by atoms with E-state index in [1.165, 1.54) is 6.92 Å². The number of rotatable bonds is 6. The Morgan fingerprint density at radius 2 is 1.73 bits per heavy atom. The third-order valence-corrected chi connectivity index (χ3v) is 5.22. The van der Waals surface area contributed by atoms with Gasteiger partial charge >= 0.3 is 0 Å². The molecule has 0 atom stereocenters. The maximum Gasteiger partial charge on any atom is 0.277 e. The molecule has 0 unspecified atom stereocenters. The van der Waals surface area contributed by atoms with Crippen molar-refractivity contribution in [2.24, 2.45) is 0 Å². The second-order valence-corrected chi connectivity index (χ2v) is 7.49. The summed E-state index contributed by atoms with van der Waals surface area (Å²) >= 11 is 1.09. The Balaban J connectivity index is 1.40. The number of thioether (sulfide) groups is 1. The number of nitrogens with one attached hydrogen (secondary N) is 1. The van der Waals surface area contributed by atoms with Gasteiger partial charge in [0, 0.05) is 11.3 Å². The summed E-state index contributed by atoms with van der Waals surface area (Å²) in [4.78, 5) is 23.5. The molecule has 0 aliphatic rings. The van der Waals surface area contributed by atoms with E-state index in [4.69, 9.17) is 4.42 Å². The van der Waals surface area contributed by atoms with E-state index < -0.39 is 0 Å². The highest BCUT2D eigenvalue weighted by atomic mass is 32.2. The van der Waals surface area contributed by atoms with Gasteiger partial charge in [0.25, 0.3) is 11.1 Å². The van der Waals surface area contributed by atoms with Crippen molar-refractivity contribution < 1.29 is 19.1 Å². The van der Waals surface area contributed by atoms with Gasteiger partial charge in [-0.25, -0.2) is 0 Å². The number of benzene rings is 3. The van der Waals surface area contributed by atoms with E-state index in [1.54, 1.807) is 36.4 Å². The molecule has 0 aliphatic carbocycles. The molecule has 30 heavy (non-hydrogen) atoms. The van der Waals surface area contributed by atoms with Gasteiger partial charge in [0.15, 0.2) is 5.78 Å². The lowest BCUT2D eigenvalue weighted by atomic mass is 10.1. The molecular weight excluding hydrogens is 402 g/mol. The van der Waals surface area contributed by atoms with Gasteiger partial charge in [-0.15, -0.1) is 10.2 Å². The van der Waals surface area contributed by atoms with Gasteiger partial charge in [0.1, 0.15) is 5.75 Å². The number of aromatic nitrogens is 2. The van der Waals surface area contributed by atoms with Crippen molar-refractivity contribution in [2.45, 2.75) is 12.1 Å². The van der Waals surface area contributed by atoms with Crippen LogP contribution in [0, 0.1) is 0 Å². The molecule has 8 heteroatoms. The monoisotopic (exact) mass is 419 g/mol. The van der Waals surface area contributed by atoms with Crippen LogP contribution >= 0.6 is 11.8 Å². The normalized spacial score (nSPS) is 10.8. The van der Waals surface area contributed by atoms with Crippen LogP contribution in [0.1, 0.15) is 17.3 Å². The summed E-state index contributed by atoms with van der Waals surface area (Å²) in [7, 11) is 0. The summed E-state index contributed by atoms with van der Waals surface area (Å²) in [6.07, 6.45) is 0. The highest BCUT2D eigenvalue weighted by Crippen LogP contribution is 2.33. The van der Waals surface area contributed by atoms with E-state index in [0.29, 0.717) is 16.8 Å². The first-order valence-corrected chi connectivity index (χ1v) is 10.1. The fraction of sp³-hybridized carbons (Fsp3) is 0.0909. The second-order valence-electron chi connectivity index (χ2n) is 6.56. The Morgan fingerprint density at radius 3 is 2.43 bits per heavy atom. The number of Topliss-reactive ketones (excluding diaryl/α,β-unsaturated/α-hetero) is 1. The number of fused-ring (bicyclic) bond motifs is 1. The average molecular weight is 419 g/mol. The van der Waals surface area contributed by atoms with Crippen molar-refractivity contribution in [1.82, 2.24) is 10.2 Å². The molecule has 0 saturated carbocycles. The zero-order valence-electron chi connectivity index (χ0n) is 16.0. The Hall–Kier alpha value is -3.65. The minimum atomic E-state index is -0.246. The van der Waals surface area contributed by atoms with Crippen molar-refractivity contribution in [3.05, 3.63) is 66.2 Å². The minimum absolute atomic E-state index is 0.0342. The van der Waals surface area contributed by atoms with Crippen molar-refractivity contribution in [3.8, 4) is 17.2 Å². The topological polar surface area (TPSA) is 105 Å². The van der Waals surface area contributed by atoms with E-state index in [9.17, 15) is 14.7 Å². The van der Waals surface area contributed by atoms with E-state index in [2.05, 4.69) is 15.5 Å². The SMILES string of the molecule is CC(=O)c1ccc(NC(=O)CSc2nnc(-c3cc4ccccc4cc3O)o2)cc1. The van der Waals surface area contributed by atoms with Crippen LogP contribution in [-0.2, 0) is 4.79 Å². The van der Waals surface area contributed by atoms with Crippen molar-refractivity contribution >= 4 is 39.9 Å². The number of nitrogens with zero attached hydrogens (tertiary/aromatic N) is 2. The lowest BCUT2D eigenvalue weighted by Crippen LogP contribution is -2.14. The molecular formula is C22H17N3O4S. The van der Waals surface area contributed by atoms with Crippen molar-refractivity contribution in [3.63, 3.8) is 0 Å². The molecule has 4 rings (SSSR count). The van der Waals surface area contributed by atoms with Gasteiger partial charge in [-0.05, 0) is 54.1 Å². The zero-order valence-corrected chi connectivity index (χ0v) is 16.8. The number of hydrogen-bond donors (Lipinski definition) is 2. The first kappa shape index (κ1) is 19.7. The maximum absolute atomic E-state index is 12.2. The number of anilines is 1. The summed E-state index contributed by atoms with van der Waals surface area (Å²) in [6.45, 7) is 1.49. The summed E-state index contributed by atoms with van der Waals surface area (Å²) in [5.74, 6) is 0.0124. The van der Waals surface area contributed by atoms with Crippen molar-refractivity contribution in [2.75, 3.05) is 11.1 Å². The fourth-order valence-corrected chi connectivity index (χ4v) is 3.45. The molecule has 0 saturated heterocycles. The van der Waals surface area contributed by atoms with Crippen LogP contribution in [0.3, 0.4) is 0 Å². The van der Waals surface area contributed by atoms with Gasteiger partial charge in [-0.3, -0.25) is 9.59 Å². The summed E-state index contributed by atoms with van der Waals surface area (Å²) < 4.78 is 5.61. The number of aromatic hydroxyl groups is 1. The first-order valence-electron chi connectivity index (χ1n) is 9.09. The van der Waals surface area contributed by atoms with Crippen LogP contribution in [0.2, 0.25) is 0 Å². The van der Waals surface area contributed by atoms with Crippen LogP contribution in [0.4, 0.5) is 5.69 Å². The number of amides is 1. The Labute approximate surface area is 176 Å².